The van der Waals surface area contributed by atoms with Gasteiger partial charge in [0.05, 0.1) is 7.11 Å². The first-order chi connectivity index (χ1) is 9.52. The maximum atomic E-state index is 12.1. The molecule has 0 bridgehead atoms. The van der Waals surface area contributed by atoms with Gasteiger partial charge in [-0.3, -0.25) is 14.6 Å². The number of hydrogen-bond donors (Lipinski definition) is 2. The van der Waals surface area contributed by atoms with Crippen molar-refractivity contribution in [3.63, 3.8) is 0 Å². The maximum absolute atomic E-state index is 12.1. The van der Waals surface area contributed by atoms with Crippen LogP contribution in [0.2, 0.25) is 0 Å². The lowest BCUT2D eigenvalue weighted by Crippen LogP contribution is -2.38. The van der Waals surface area contributed by atoms with Crippen LogP contribution in [0, 0.1) is 0 Å². The molecule has 2 N–H and O–H groups in total. The van der Waals surface area contributed by atoms with E-state index in [9.17, 15) is 9.59 Å². The Morgan fingerprint density at radius 1 is 1.35 bits per heavy atom. The number of carboxylic acids is 1. The van der Waals surface area contributed by atoms with E-state index in [1.165, 1.54) is 13.1 Å². The average molecular weight is 274 g/mol. The topological polar surface area (TPSA) is 88.5 Å². The van der Waals surface area contributed by atoms with Crippen molar-refractivity contribution in [2.75, 3.05) is 7.11 Å². The van der Waals surface area contributed by atoms with E-state index in [0.29, 0.717) is 11.1 Å². The fourth-order valence-corrected chi connectivity index (χ4v) is 1.79. The van der Waals surface area contributed by atoms with E-state index in [1.807, 2.05) is 0 Å². The summed E-state index contributed by atoms with van der Waals surface area (Å²) < 4.78 is 5.12. The normalized spacial score (nSPS) is 11.9. The Hall–Kier alpha value is -2.63. The Morgan fingerprint density at radius 3 is 2.75 bits per heavy atom. The molecule has 104 valence electrons. The lowest BCUT2D eigenvalue weighted by atomic mass is 10.1. The summed E-state index contributed by atoms with van der Waals surface area (Å²) in [5, 5.41) is 12.6. The summed E-state index contributed by atoms with van der Waals surface area (Å²) in [4.78, 5) is 26.9. The second-order valence-electron chi connectivity index (χ2n) is 4.28. The van der Waals surface area contributed by atoms with Crippen LogP contribution >= 0.6 is 0 Å². The Kier molecular flexibility index (Phi) is 3.84. The van der Waals surface area contributed by atoms with E-state index in [-0.39, 0.29) is 5.69 Å². The molecule has 0 saturated carbocycles. The number of carbonyl (C=O) groups excluding carboxylic acids is 1. The Morgan fingerprint density at radius 2 is 2.10 bits per heavy atom. The Labute approximate surface area is 115 Å². The van der Waals surface area contributed by atoms with Gasteiger partial charge in [-0.15, -0.1) is 0 Å². The van der Waals surface area contributed by atoms with Gasteiger partial charge in [0.2, 0.25) is 0 Å². The molecule has 2 aromatic rings. The zero-order valence-corrected chi connectivity index (χ0v) is 11.1. The molecule has 20 heavy (non-hydrogen) atoms. The third kappa shape index (κ3) is 2.69. The zero-order chi connectivity index (χ0) is 14.7. The van der Waals surface area contributed by atoms with Crippen molar-refractivity contribution in [2.24, 2.45) is 0 Å². The van der Waals surface area contributed by atoms with Gasteiger partial charge in [0.15, 0.2) is 0 Å². The van der Waals surface area contributed by atoms with Gasteiger partial charge in [0, 0.05) is 11.6 Å². The van der Waals surface area contributed by atoms with Crippen molar-refractivity contribution in [3.8, 4) is 5.75 Å². The predicted molar refractivity (Wildman–Crippen MR) is 72.9 cm³/mol. The molecular weight excluding hydrogens is 260 g/mol. The van der Waals surface area contributed by atoms with Gasteiger partial charge in [-0.1, -0.05) is 0 Å². The minimum Gasteiger partial charge on any atom is -0.497 e. The molecular formula is C14H14N2O4. The van der Waals surface area contributed by atoms with Crippen LogP contribution < -0.4 is 10.1 Å². The summed E-state index contributed by atoms with van der Waals surface area (Å²) in [5.74, 6) is -0.940. The van der Waals surface area contributed by atoms with Gasteiger partial charge in [0.1, 0.15) is 17.5 Å². The van der Waals surface area contributed by atoms with Gasteiger partial charge < -0.3 is 15.2 Å². The fourth-order valence-electron chi connectivity index (χ4n) is 1.79. The third-order valence-corrected chi connectivity index (χ3v) is 2.90. The Balaban J connectivity index is 2.39. The first kappa shape index (κ1) is 13.8. The molecule has 1 aromatic carbocycles. The molecule has 0 saturated heterocycles. The van der Waals surface area contributed by atoms with Crippen LogP contribution in [0.3, 0.4) is 0 Å². The molecule has 1 aromatic heterocycles. The highest BCUT2D eigenvalue weighted by molar-refractivity contribution is 6.06. The van der Waals surface area contributed by atoms with E-state index in [2.05, 4.69) is 10.3 Å². The van der Waals surface area contributed by atoms with Crippen LogP contribution in [-0.2, 0) is 4.79 Å². The van der Waals surface area contributed by atoms with Gasteiger partial charge in [-0.2, -0.15) is 0 Å². The molecule has 0 aliphatic rings. The number of methoxy groups -OCH3 is 1. The molecule has 0 radical (unpaired) electrons. The lowest BCUT2D eigenvalue weighted by molar-refractivity contribution is -0.138. The lowest BCUT2D eigenvalue weighted by Gasteiger charge is -2.10. The number of carboxylic acid groups (broad SMARTS) is 1. The van der Waals surface area contributed by atoms with Crippen LogP contribution in [0.25, 0.3) is 10.8 Å². The van der Waals surface area contributed by atoms with Gasteiger partial charge >= 0.3 is 5.97 Å². The number of pyridine rings is 1. The number of nitrogens with zero attached hydrogens (tertiary/aromatic N) is 1. The van der Waals surface area contributed by atoms with Crippen LogP contribution in [-0.4, -0.2) is 35.1 Å². The van der Waals surface area contributed by atoms with Gasteiger partial charge in [-0.05, 0) is 36.6 Å². The number of nitrogens with one attached hydrogen (secondary N) is 1. The summed E-state index contributed by atoms with van der Waals surface area (Å²) >= 11 is 0. The fraction of sp³-hybridized carbons (Fsp3) is 0.214. The molecule has 6 nitrogen and oxygen atoms in total. The highest BCUT2D eigenvalue weighted by Crippen LogP contribution is 2.22. The molecule has 1 atom stereocenters. The molecule has 1 heterocycles. The van der Waals surface area contributed by atoms with Crippen LogP contribution in [0.1, 0.15) is 17.4 Å². The molecule has 1 amide bonds. The number of aromatic nitrogens is 1. The molecule has 0 fully saturated rings. The number of amides is 1. The van der Waals surface area contributed by atoms with Crippen molar-refractivity contribution in [3.05, 3.63) is 36.2 Å². The van der Waals surface area contributed by atoms with E-state index in [1.54, 1.807) is 31.4 Å². The number of benzene rings is 1. The number of fused-ring (bicyclic) bond motifs is 1. The average Bonchev–Trinajstić information content (AvgIpc) is 2.45. The number of hydrogen-bond acceptors (Lipinski definition) is 4. The smallest absolute Gasteiger partial charge is 0.325 e. The summed E-state index contributed by atoms with van der Waals surface area (Å²) in [5.41, 5.74) is 0.193. The van der Waals surface area contributed by atoms with Crippen molar-refractivity contribution in [1.82, 2.24) is 10.3 Å². The zero-order valence-electron chi connectivity index (χ0n) is 11.1. The van der Waals surface area contributed by atoms with Crippen molar-refractivity contribution < 1.29 is 19.4 Å². The van der Waals surface area contributed by atoms with Gasteiger partial charge in [0.25, 0.3) is 5.91 Å². The van der Waals surface area contributed by atoms with E-state index < -0.39 is 17.9 Å². The number of carbonyl (C=O) groups is 2. The van der Waals surface area contributed by atoms with Crippen LogP contribution in [0.4, 0.5) is 0 Å². The molecule has 0 aliphatic carbocycles. The summed E-state index contributed by atoms with van der Waals surface area (Å²) in [6, 6.07) is 6.02. The van der Waals surface area contributed by atoms with Crippen molar-refractivity contribution >= 4 is 22.6 Å². The minimum absolute atomic E-state index is 0.193. The molecule has 6 heteroatoms. The summed E-state index contributed by atoms with van der Waals surface area (Å²) in [6.45, 7) is 1.40. The van der Waals surface area contributed by atoms with Gasteiger partial charge in [-0.25, -0.2) is 0 Å². The molecule has 2 rings (SSSR count). The quantitative estimate of drug-likeness (QED) is 0.880. The largest absolute Gasteiger partial charge is 0.497 e. The highest BCUT2D eigenvalue weighted by Gasteiger charge is 2.18. The second kappa shape index (κ2) is 5.56. The van der Waals surface area contributed by atoms with Crippen LogP contribution in [0.5, 0.6) is 5.75 Å². The standard InChI is InChI=1S/C14H14N2O4/c1-8(14(18)19)16-13(17)12-11-4-3-10(20-2)7-9(11)5-6-15-12/h3-8H,1-2H3,(H,16,17)(H,18,19). The monoisotopic (exact) mass is 274 g/mol. The predicted octanol–water partition coefficient (Wildman–Crippen LogP) is 1.45. The third-order valence-electron chi connectivity index (χ3n) is 2.90. The highest BCUT2D eigenvalue weighted by atomic mass is 16.5. The number of aliphatic carboxylic acids is 1. The first-order valence-electron chi connectivity index (χ1n) is 5.99. The van der Waals surface area contributed by atoms with E-state index in [0.717, 1.165) is 5.39 Å². The number of ether oxygens (including phenoxy) is 1. The summed E-state index contributed by atoms with van der Waals surface area (Å²) in [6.07, 6.45) is 1.50. The molecule has 0 spiro atoms. The number of rotatable bonds is 4. The van der Waals surface area contributed by atoms with Crippen LogP contribution in [0.15, 0.2) is 30.5 Å². The minimum atomic E-state index is -1.10. The molecule has 1 unspecified atom stereocenters. The first-order valence-corrected chi connectivity index (χ1v) is 5.99. The molecule has 0 aliphatic heterocycles. The van der Waals surface area contributed by atoms with E-state index >= 15 is 0 Å². The maximum Gasteiger partial charge on any atom is 0.325 e. The van der Waals surface area contributed by atoms with E-state index in [4.69, 9.17) is 9.84 Å². The SMILES string of the molecule is COc1ccc2c(C(=O)NC(C)C(=O)O)nccc2c1. The second-order valence-corrected chi connectivity index (χ2v) is 4.28. The van der Waals surface area contributed by atoms with Crippen molar-refractivity contribution in [1.29, 1.82) is 0 Å². The van der Waals surface area contributed by atoms with Crippen molar-refractivity contribution in [2.45, 2.75) is 13.0 Å². The Bertz CT molecular complexity index is 669. The summed E-state index contributed by atoms with van der Waals surface area (Å²) in [7, 11) is 1.56.